The molecule has 1 aliphatic rings. The minimum Gasteiger partial charge on any atom is -0.496 e. The molecular weight excluding hydrogens is 440 g/mol. The number of nitrogens with one attached hydrogen (secondary N) is 1. The van der Waals surface area contributed by atoms with Crippen molar-refractivity contribution in [3.05, 3.63) is 63.5 Å². The summed E-state index contributed by atoms with van der Waals surface area (Å²) < 4.78 is 60.5. The lowest BCUT2D eigenvalue weighted by Gasteiger charge is -2.37. The van der Waals surface area contributed by atoms with Gasteiger partial charge in [0.05, 0.1) is 29.7 Å². The Labute approximate surface area is 167 Å². The molecule has 0 radical (unpaired) electrons. The summed E-state index contributed by atoms with van der Waals surface area (Å²) in [6.45, 7) is -0.976. The quantitative estimate of drug-likeness (QED) is 0.520. The Bertz CT molecular complexity index is 1030. The normalized spacial score (nSPS) is 17.7. The van der Waals surface area contributed by atoms with E-state index in [-0.39, 0.29) is 22.3 Å². The molecule has 1 atom stereocenters. The van der Waals surface area contributed by atoms with Crippen LogP contribution in [0.1, 0.15) is 22.9 Å². The number of H-pyrrole nitrogens is 1. The van der Waals surface area contributed by atoms with Crippen LogP contribution in [-0.2, 0) is 6.42 Å². The lowest BCUT2D eigenvalue weighted by molar-refractivity contribution is -0.150. The molecule has 148 valence electrons. The van der Waals surface area contributed by atoms with E-state index in [9.17, 15) is 13.2 Å². The van der Waals surface area contributed by atoms with Gasteiger partial charge in [0.2, 0.25) is 0 Å². The fourth-order valence-electron chi connectivity index (χ4n) is 4.00. The molecule has 0 saturated heterocycles. The summed E-state index contributed by atoms with van der Waals surface area (Å²) in [4.78, 5) is 4.49. The van der Waals surface area contributed by atoms with Gasteiger partial charge in [0.1, 0.15) is 11.6 Å². The van der Waals surface area contributed by atoms with Gasteiger partial charge in [-0.1, -0.05) is 18.2 Å². The molecule has 0 amide bonds. The maximum atomic E-state index is 15.1. The number of ether oxygens (including phenoxy) is 1. The first-order chi connectivity index (χ1) is 13.3. The first-order valence-electron chi connectivity index (χ1n) is 8.72. The molecular formula is C20H17BrF4N2O. The van der Waals surface area contributed by atoms with Gasteiger partial charge in [-0.15, -0.1) is 0 Å². The fourth-order valence-corrected chi connectivity index (χ4v) is 4.35. The second-order valence-electron chi connectivity index (χ2n) is 6.78. The molecule has 0 fully saturated rings. The van der Waals surface area contributed by atoms with Crippen molar-refractivity contribution in [3.63, 3.8) is 0 Å². The van der Waals surface area contributed by atoms with E-state index in [1.807, 2.05) is 24.3 Å². The Morgan fingerprint density at radius 2 is 1.96 bits per heavy atom. The van der Waals surface area contributed by atoms with Crippen LogP contribution in [0.2, 0.25) is 0 Å². The number of benzene rings is 2. The molecule has 0 bridgehead atoms. The summed E-state index contributed by atoms with van der Waals surface area (Å²) in [7, 11) is 1.38. The van der Waals surface area contributed by atoms with E-state index in [4.69, 9.17) is 4.74 Å². The van der Waals surface area contributed by atoms with Gasteiger partial charge in [-0.25, -0.2) is 4.39 Å². The maximum Gasteiger partial charge on any atom is 0.401 e. The van der Waals surface area contributed by atoms with Crippen molar-refractivity contribution in [1.82, 2.24) is 9.88 Å². The van der Waals surface area contributed by atoms with E-state index >= 15 is 4.39 Å². The second-order valence-corrected chi connectivity index (χ2v) is 7.63. The summed E-state index contributed by atoms with van der Waals surface area (Å²) in [5, 5.41) is 0.948. The summed E-state index contributed by atoms with van der Waals surface area (Å²) in [5.74, 6) is -0.410. The van der Waals surface area contributed by atoms with Gasteiger partial charge in [0.25, 0.3) is 0 Å². The minimum atomic E-state index is -4.41. The first-order valence-corrected chi connectivity index (χ1v) is 9.51. The van der Waals surface area contributed by atoms with Crippen LogP contribution >= 0.6 is 15.9 Å². The Hall–Kier alpha value is -2.06. The molecule has 2 heterocycles. The number of rotatable bonds is 3. The van der Waals surface area contributed by atoms with E-state index in [1.165, 1.54) is 18.1 Å². The van der Waals surface area contributed by atoms with Crippen LogP contribution in [0.3, 0.4) is 0 Å². The molecule has 3 nitrogen and oxygen atoms in total. The molecule has 4 rings (SSSR count). The average molecular weight is 457 g/mol. The molecule has 28 heavy (non-hydrogen) atoms. The number of methoxy groups -OCH3 is 1. The van der Waals surface area contributed by atoms with Crippen molar-refractivity contribution >= 4 is 26.8 Å². The van der Waals surface area contributed by atoms with Crippen molar-refractivity contribution in [3.8, 4) is 5.75 Å². The van der Waals surface area contributed by atoms with Gasteiger partial charge in [0, 0.05) is 23.1 Å². The molecule has 8 heteroatoms. The number of aromatic nitrogens is 1. The van der Waals surface area contributed by atoms with Crippen molar-refractivity contribution in [2.45, 2.75) is 18.6 Å². The molecule has 1 unspecified atom stereocenters. The number of nitrogens with zero attached hydrogens (tertiary/aromatic N) is 1. The number of alkyl halides is 3. The molecule has 3 aromatic rings. The molecule has 1 aromatic heterocycles. The Kier molecular flexibility index (Phi) is 4.87. The van der Waals surface area contributed by atoms with Crippen molar-refractivity contribution in [2.75, 3.05) is 20.2 Å². The highest BCUT2D eigenvalue weighted by molar-refractivity contribution is 9.10. The number of hydrogen-bond acceptors (Lipinski definition) is 2. The third-order valence-corrected chi connectivity index (χ3v) is 5.72. The van der Waals surface area contributed by atoms with Gasteiger partial charge in [-0.3, -0.25) is 4.90 Å². The summed E-state index contributed by atoms with van der Waals surface area (Å²) >= 11 is 3.15. The average Bonchev–Trinajstić information content (AvgIpc) is 3.02. The number of fused-ring (bicyclic) bond motifs is 3. The molecule has 0 aliphatic carbocycles. The Morgan fingerprint density at radius 1 is 1.21 bits per heavy atom. The van der Waals surface area contributed by atoms with Crippen molar-refractivity contribution in [1.29, 1.82) is 0 Å². The lowest BCUT2D eigenvalue weighted by atomic mass is 9.91. The largest absolute Gasteiger partial charge is 0.496 e. The fraction of sp³-hybridized carbons (Fsp3) is 0.300. The summed E-state index contributed by atoms with van der Waals surface area (Å²) in [5.41, 5.74) is 2.40. The van der Waals surface area contributed by atoms with E-state index < -0.39 is 24.6 Å². The molecule has 1 aliphatic heterocycles. The highest BCUT2D eigenvalue weighted by Gasteiger charge is 2.41. The van der Waals surface area contributed by atoms with Crippen molar-refractivity contribution < 1.29 is 22.3 Å². The van der Waals surface area contributed by atoms with Crippen LogP contribution in [0.4, 0.5) is 17.6 Å². The van der Waals surface area contributed by atoms with Gasteiger partial charge in [-0.05, 0) is 46.1 Å². The van der Waals surface area contributed by atoms with E-state index in [1.54, 1.807) is 6.07 Å². The predicted molar refractivity (Wildman–Crippen MR) is 102 cm³/mol. The zero-order chi connectivity index (χ0) is 20.1. The van der Waals surface area contributed by atoms with Crippen LogP contribution in [0.15, 0.2) is 40.9 Å². The SMILES string of the molecule is COc1ccc(Br)c(F)c1C1c2[nH]c3ccccc3c2CCN1CC(F)(F)F. The van der Waals surface area contributed by atoms with Crippen LogP contribution < -0.4 is 4.74 Å². The Morgan fingerprint density at radius 3 is 2.68 bits per heavy atom. The highest BCUT2D eigenvalue weighted by Crippen LogP contribution is 2.44. The van der Waals surface area contributed by atoms with Crippen molar-refractivity contribution in [2.24, 2.45) is 0 Å². The predicted octanol–water partition coefficient (Wildman–Crippen LogP) is 5.59. The third kappa shape index (κ3) is 3.28. The number of para-hydroxylation sites is 1. The number of halogens is 5. The zero-order valence-corrected chi connectivity index (χ0v) is 16.5. The molecule has 0 spiro atoms. The van der Waals surface area contributed by atoms with Gasteiger partial charge in [-0.2, -0.15) is 13.2 Å². The van der Waals surface area contributed by atoms with Gasteiger partial charge in [0.15, 0.2) is 0 Å². The highest BCUT2D eigenvalue weighted by atomic mass is 79.9. The van der Waals surface area contributed by atoms with Crippen LogP contribution in [0.5, 0.6) is 5.75 Å². The smallest absolute Gasteiger partial charge is 0.401 e. The zero-order valence-electron chi connectivity index (χ0n) is 14.9. The summed E-state index contributed by atoms with van der Waals surface area (Å²) in [6.07, 6.45) is -3.96. The lowest BCUT2D eigenvalue weighted by Crippen LogP contribution is -2.42. The minimum absolute atomic E-state index is 0.0913. The second kappa shape index (κ2) is 7.08. The number of hydrogen-bond donors (Lipinski definition) is 1. The van der Waals surface area contributed by atoms with E-state index in [0.29, 0.717) is 12.1 Å². The Balaban J connectivity index is 1.96. The van der Waals surface area contributed by atoms with Gasteiger partial charge >= 0.3 is 6.18 Å². The van der Waals surface area contributed by atoms with Crippen LogP contribution in [0.25, 0.3) is 10.9 Å². The molecule has 2 aromatic carbocycles. The van der Waals surface area contributed by atoms with Gasteiger partial charge < -0.3 is 9.72 Å². The standard InChI is InChI=1S/C20H17BrF4N2O/c1-28-15-7-6-13(21)17(22)16(15)19-18-12(8-9-27(19)10-20(23,24)25)11-4-2-3-5-14(11)26-18/h2-7,19,26H,8-10H2,1H3. The first kappa shape index (κ1) is 19.3. The third-order valence-electron chi connectivity index (χ3n) is 5.10. The molecule has 1 N–H and O–H groups in total. The monoisotopic (exact) mass is 456 g/mol. The van der Waals surface area contributed by atoms with Crippen LogP contribution in [-0.4, -0.2) is 36.3 Å². The summed E-state index contributed by atoms with van der Waals surface area (Å²) in [6, 6.07) is 9.64. The molecule has 0 saturated carbocycles. The van der Waals surface area contributed by atoms with Crippen LogP contribution in [0, 0.1) is 5.82 Å². The van der Waals surface area contributed by atoms with E-state index in [0.717, 1.165) is 16.5 Å². The van der Waals surface area contributed by atoms with E-state index in [2.05, 4.69) is 20.9 Å². The maximum absolute atomic E-state index is 15.1. The topological polar surface area (TPSA) is 28.3 Å². The number of aromatic amines is 1.